The summed E-state index contributed by atoms with van der Waals surface area (Å²) in [6.45, 7) is 13.7. The van der Waals surface area contributed by atoms with Crippen LogP contribution in [-0.4, -0.2) is 8.42 Å². The van der Waals surface area contributed by atoms with Gasteiger partial charge in [-0.2, -0.15) is 0 Å². The van der Waals surface area contributed by atoms with E-state index in [2.05, 4.69) is 4.72 Å². The van der Waals surface area contributed by atoms with Crippen LogP contribution in [0.5, 0.6) is 0 Å². The van der Waals surface area contributed by atoms with Crippen LogP contribution >= 0.6 is 0 Å². The van der Waals surface area contributed by atoms with Gasteiger partial charge in [-0.05, 0) is 93.5 Å². The maximum atomic E-state index is 13.0. The highest BCUT2D eigenvalue weighted by Gasteiger charge is 2.24. The van der Waals surface area contributed by atoms with Crippen molar-refractivity contribution in [2.24, 2.45) is 0 Å². The third-order valence-corrected chi connectivity index (χ3v) is 6.69. The number of sulfonamides is 1. The maximum absolute atomic E-state index is 13.0. The minimum atomic E-state index is -3.63. The minimum Gasteiger partial charge on any atom is -0.279 e. The second-order valence-corrected chi connectivity index (χ2v) is 7.93. The van der Waals surface area contributed by atoms with E-state index in [9.17, 15) is 8.42 Å². The van der Waals surface area contributed by atoms with Crippen molar-refractivity contribution in [2.75, 3.05) is 4.72 Å². The molecule has 0 aliphatic rings. The smallest absolute Gasteiger partial charge is 0.262 e. The van der Waals surface area contributed by atoms with Gasteiger partial charge in [0.05, 0.1) is 10.6 Å². The van der Waals surface area contributed by atoms with Crippen LogP contribution in [0.3, 0.4) is 0 Å². The molecule has 0 saturated carbocycles. The summed E-state index contributed by atoms with van der Waals surface area (Å²) in [4.78, 5) is 0.402. The maximum Gasteiger partial charge on any atom is 0.262 e. The molecule has 0 spiro atoms. The molecule has 0 fully saturated rings. The van der Waals surface area contributed by atoms with Crippen LogP contribution in [-0.2, 0) is 10.0 Å². The number of hydrogen-bond acceptors (Lipinski definition) is 2. The van der Waals surface area contributed by atoms with Crippen molar-refractivity contribution in [1.82, 2.24) is 0 Å². The molecule has 0 heterocycles. The lowest BCUT2D eigenvalue weighted by Gasteiger charge is -2.20. The van der Waals surface area contributed by atoms with E-state index < -0.39 is 10.0 Å². The Morgan fingerprint density at radius 1 is 0.696 bits per heavy atom. The SMILES string of the molecule is Cc1cccc(NS(=O)(=O)c2c(C)c(C)c(C)c(C)c2C)c1C. The molecule has 0 unspecified atom stereocenters. The van der Waals surface area contributed by atoms with Crippen molar-refractivity contribution in [3.8, 4) is 0 Å². The summed E-state index contributed by atoms with van der Waals surface area (Å²) in [6.07, 6.45) is 0. The Kier molecular flexibility index (Phi) is 4.58. The van der Waals surface area contributed by atoms with Gasteiger partial charge in [-0.15, -0.1) is 0 Å². The summed E-state index contributed by atoms with van der Waals surface area (Å²) in [5.74, 6) is 0. The molecule has 0 bridgehead atoms. The molecule has 0 aromatic heterocycles. The van der Waals surface area contributed by atoms with Crippen LogP contribution in [0.15, 0.2) is 23.1 Å². The highest BCUT2D eigenvalue weighted by Crippen LogP contribution is 2.31. The molecule has 0 aliphatic heterocycles. The Morgan fingerprint density at radius 3 is 1.70 bits per heavy atom. The van der Waals surface area contributed by atoms with Gasteiger partial charge in [0, 0.05) is 0 Å². The fourth-order valence-electron chi connectivity index (χ4n) is 2.93. The Balaban J connectivity index is 2.64. The van der Waals surface area contributed by atoms with Crippen LogP contribution in [0.1, 0.15) is 38.9 Å². The zero-order chi connectivity index (χ0) is 17.5. The van der Waals surface area contributed by atoms with Crippen molar-refractivity contribution in [3.05, 3.63) is 57.1 Å². The Labute approximate surface area is 139 Å². The molecule has 1 N–H and O–H groups in total. The number of rotatable bonds is 3. The zero-order valence-electron chi connectivity index (χ0n) is 15.0. The lowest BCUT2D eigenvalue weighted by atomic mass is 9.95. The van der Waals surface area contributed by atoms with Gasteiger partial charge in [0.2, 0.25) is 0 Å². The third kappa shape index (κ3) is 3.00. The second-order valence-electron chi connectivity index (χ2n) is 6.31. The molecule has 0 saturated heterocycles. The molecule has 0 aliphatic carbocycles. The zero-order valence-corrected chi connectivity index (χ0v) is 15.8. The van der Waals surface area contributed by atoms with Gasteiger partial charge in [0.25, 0.3) is 10.0 Å². The van der Waals surface area contributed by atoms with Crippen LogP contribution in [0.2, 0.25) is 0 Å². The summed E-state index contributed by atoms with van der Waals surface area (Å²) in [5, 5.41) is 0. The summed E-state index contributed by atoms with van der Waals surface area (Å²) < 4.78 is 28.8. The van der Waals surface area contributed by atoms with Crippen molar-refractivity contribution in [3.63, 3.8) is 0 Å². The number of hydrogen-bond donors (Lipinski definition) is 1. The van der Waals surface area contributed by atoms with Crippen molar-refractivity contribution in [2.45, 2.75) is 53.4 Å². The minimum absolute atomic E-state index is 0.402. The Bertz CT molecular complexity index is 852. The number of anilines is 1. The molecule has 2 rings (SSSR count). The normalized spacial score (nSPS) is 11.6. The predicted octanol–water partition coefficient (Wildman–Crippen LogP) is 4.65. The standard InChI is InChI=1S/C19H25NO2S/c1-11-9-8-10-18(12(11)2)20-23(21,22)19-16(6)14(4)13(3)15(5)17(19)7/h8-10,20H,1-7H3. The van der Waals surface area contributed by atoms with Gasteiger partial charge < -0.3 is 0 Å². The Morgan fingerprint density at radius 2 is 1.17 bits per heavy atom. The topological polar surface area (TPSA) is 46.2 Å². The molecule has 23 heavy (non-hydrogen) atoms. The first-order valence-electron chi connectivity index (χ1n) is 7.74. The molecule has 2 aromatic carbocycles. The number of benzene rings is 2. The van der Waals surface area contributed by atoms with E-state index in [-0.39, 0.29) is 0 Å². The van der Waals surface area contributed by atoms with Crippen molar-refractivity contribution >= 4 is 15.7 Å². The van der Waals surface area contributed by atoms with Gasteiger partial charge in [-0.3, -0.25) is 4.72 Å². The van der Waals surface area contributed by atoms with E-state index >= 15 is 0 Å². The first kappa shape index (κ1) is 17.5. The monoisotopic (exact) mass is 331 g/mol. The van der Waals surface area contributed by atoms with E-state index in [4.69, 9.17) is 0 Å². The summed E-state index contributed by atoms with van der Waals surface area (Å²) in [5.41, 5.74) is 7.53. The average molecular weight is 331 g/mol. The predicted molar refractivity (Wildman–Crippen MR) is 96.9 cm³/mol. The van der Waals surface area contributed by atoms with E-state index in [0.717, 1.165) is 38.9 Å². The molecule has 0 atom stereocenters. The van der Waals surface area contributed by atoms with E-state index in [1.54, 1.807) is 6.07 Å². The van der Waals surface area contributed by atoms with Gasteiger partial charge >= 0.3 is 0 Å². The number of nitrogens with one attached hydrogen (secondary N) is 1. The Hall–Kier alpha value is -1.81. The first-order valence-corrected chi connectivity index (χ1v) is 9.22. The summed E-state index contributed by atoms with van der Waals surface area (Å²) in [6, 6.07) is 5.65. The summed E-state index contributed by atoms with van der Waals surface area (Å²) >= 11 is 0. The summed E-state index contributed by atoms with van der Waals surface area (Å²) in [7, 11) is -3.63. The molecule has 2 aromatic rings. The quantitative estimate of drug-likeness (QED) is 0.890. The molecule has 124 valence electrons. The lowest BCUT2D eigenvalue weighted by Crippen LogP contribution is -2.18. The molecular weight excluding hydrogens is 306 g/mol. The highest BCUT2D eigenvalue weighted by molar-refractivity contribution is 7.92. The van der Waals surface area contributed by atoms with E-state index in [1.807, 2.05) is 60.6 Å². The van der Waals surface area contributed by atoms with Gasteiger partial charge in [0.15, 0.2) is 0 Å². The fraction of sp³-hybridized carbons (Fsp3) is 0.368. The van der Waals surface area contributed by atoms with Crippen molar-refractivity contribution in [1.29, 1.82) is 0 Å². The van der Waals surface area contributed by atoms with E-state index in [0.29, 0.717) is 10.6 Å². The van der Waals surface area contributed by atoms with Gasteiger partial charge in [-0.1, -0.05) is 12.1 Å². The molecule has 0 amide bonds. The second kappa shape index (κ2) is 6.00. The molecule has 4 heteroatoms. The lowest BCUT2D eigenvalue weighted by molar-refractivity contribution is 0.599. The number of aryl methyl sites for hydroxylation is 1. The van der Waals surface area contributed by atoms with Crippen molar-refractivity contribution < 1.29 is 8.42 Å². The van der Waals surface area contributed by atoms with Crippen LogP contribution in [0.4, 0.5) is 5.69 Å². The largest absolute Gasteiger partial charge is 0.279 e. The highest BCUT2D eigenvalue weighted by atomic mass is 32.2. The average Bonchev–Trinajstić information content (AvgIpc) is 2.47. The molecule has 3 nitrogen and oxygen atoms in total. The van der Waals surface area contributed by atoms with Crippen LogP contribution in [0, 0.1) is 48.5 Å². The van der Waals surface area contributed by atoms with Crippen LogP contribution in [0.25, 0.3) is 0 Å². The van der Waals surface area contributed by atoms with Gasteiger partial charge in [0.1, 0.15) is 0 Å². The van der Waals surface area contributed by atoms with Gasteiger partial charge in [-0.25, -0.2) is 8.42 Å². The first-order chi connectivity index (χ1) is 10.6. The van der Waals surface area contributed by atoms with E-state index in [1.165, 1.54) is 0 Å². The fourth-order valence-corrected chi connectivity index (χ4v) is 4.65. The molecule has 0 radical (unpaired) electrons. The van der Waals surface area contributed by atoms with Crippen LogP contribution < -0.4 is 4.72 Å². The third-order valence-electron chi connectivity index (χ3n) is 5.05. The molecular formula is C19H25NO2S.